The molecule has 1 aliphatic heterocycles. The van der Waals surface area contributed by atoms with Crippen LogP contribution in [0.1, 0.15) is 5.56 Å². The Hall–Kier alpha value is -0.990. The third-order valence-corrected chi connectivity index (χ3v) is 2.27. The number of methoxy groups -OCH3 is 1. The van der Waals surface area contributed by atoms with Crippen molar-refractivity contribution < 1.29 is 4.74 Å². The summed E-state index contributed by atoms with van der Waals surface area (Å²) in [6, 6.07) is 8.18. The Morgan fingerprint density at radius 1 is 1.21 bits per heavy atom. The molecule has 0 unspecified atom stereocenters. The Morgan fingerprint density at radius 2 is 1.93 bits per heavy atom. The Labute approximate surface area is 90.4 Å². The Kier molecular flexibility index (Phi) is 3.98. The molecule has 2 rings (SSSR count). The molecule has 3 heteroatoms. The lowest BCUT2D eigenvalue weighted by molar-refractivity contribution is 0.415. The molecule has 1 aromatic carbocycles. The Bertz CT molecular complexity index is 319. The summed E-state index contributed by atoms with van der Waals surface area (Å²) < 4.78 is 5.10. The maximum Gasteiger partial charge on any atom is 0.118 e. The number of rotatable bonds is 2. The average Bonchev–Trinajstić information content (AvgIpc) is 2.71. The molecule has 14 heavy (non-hydrogen) atoms. The monoisotopic (exact) mass is 211 g/mol. The fourth-order valence-corrected chi connectivity index (χ4v) is 1.50. The van der Waals surface area contributed by atoms with E-state index in [1.54, 1.807) is 7.11 Å². The van der Waals surface area contributed by atoms with Crippen LogP contribution in [0, 0.1) is 0 Å². The van der Waals surface area contributed by atoms with Crippen LogP contribution < -0.4 is 10.1 Å². The number of hydrogen-bond acceptors (Lipinski definition) is 2. The predicted molar refractivity (Wildman–Crippen MR) is 61.1 cm³/mol. The molecule has 0 fully saturated rings. The van der Waals surface area contributed by atoms with Gasteiger partial charge in [0, 0.05) is 13.1 Å². The molecule has 0 aliphatic carbocycles. The van der Waals surface area contributed by atoms with E-state index in [0.717, 1.165) is 18.8 Å². The van der Waals surface area contributed by atoms with Crippen molar-refractivity contribution in [2.45, 2.75) is 0 Å². The molecular formula is C11H14ClNO. The summed E-state index contributed by atoms with van der Waals surface area (Å²) in [5.74, 6) is 0.912. The third kappa shape index (κ3) is 2.28. The Morgan fingerprint density at radius 3 is 2.43 bits per heavy atom. The number of benzene rings is 1. The zero-order valence-electron chi connectivity index (χ0n) is 8.12. The molecule has 0 amide bonds. The smallest absolute Gasteiger partial charge is 0.118 e. The van der Waals surface area contributed by atoms with Crippen LogP contribution in [0.15, 0.2) is 30.3 Å². The van der Waals surface area contributed by atoms with Crippen LogP contribution in [0.2, 0.25) is 0 Å². The first-order valence-electron chi connectivity index (χ1n) is 4.44. The minimum Gasteiger partial charge on any atom is -0.497 e. The molecule has 76 valence electrons. The highest BCUT2D eigenvalue weighted by molar-refractivity contribution is 5.85. The van der Waals surface area contributed by atoms with Crippen molar-refractivity contribution in [3.63, 3.8) is 0 Å². The van der Waals surface area contributed by atoms with E-state index in [-0.39, 0.29) is 12.4 Å². The second-order valence-corrected chi connectivity index (χ2v) is 3.09. The van der Waals surface area contributed by atoms with E-state index in [4.69, 9.17) is 4.74 Å². The standard InChI is InChI=1S/C11H13NO.ClH/c1-13-11-4-2-9(3-5-11)10-6-7-12-8-10;/h2-6,12H,7-8H2,1H3;1H. The van der Waals surface area contributed by atoms with Crippen molar-refractivity contribution in [1.29, 1.82) is 0 Å². The van der Waals surface area contributed by atoms with Crippen LogP contribution in [0.4, 0.5) is 0 Å². The first-order valence-corrected chi connectivity index (χ1v) is 4.44. The van der Waals surface area contributed by atoms with Crippen molar-refractivity contribution in [1.82, 2.24) is 5.32 Å². The Balaban J connectivity index is 0.000000980. The summed E-state index contributed by atoms with van der Waals surface area (Å²) in [6.07, 6.45) is 2.22. The van der Waals surface area contributed by atoms with Crippen LogP contribution >= 0.6 is 12.4 Å². The third-order valence-electron chi connectivity index (χ3n) is 2.27. The molecule has 1 heterocycles. The van der Waals surface area contributed by atoms with Gasteiger partial charge in [-0.25, -0.2) is 0 Å². The summed E-state index contributed by atoms with van der Waals surface area (Å²) in [5.41, 5.74) is 2.66. The van der Waals surface area contributed by atoms with E-state index in [2.05, 4.69) is 23.5 Å². The van der Waals surface area contributed by atoms with Gasteiger partial charge in [-0.3, -0.25) is 0 Å². The van der Waals surface area contributed by atoms with Gasteiger partial charge in [0.25, 0.3) is 0 Å². The highest BCUT2D eigenvalue weighted by atomic mass is 35.5. The molecule has 2 nitrogen and oxygen atoms in total. The van der Waals surface area contributed by atoms with Crippen LogP contribution in [0.5, 0.6) is 5.75 Å². The van der Waals surface area contributed by atoms with E-state index in [1.165, 1.54) is 11.1 Å². The van der Waals surface area contributed by atoms with Gasteiger partial charge in [0.15, 0.2) is 0 Å². The number of halogens is 1. The van der Waals surface area contributed by atoms with Crippen LogP contribution in [0.3, 0.4) is 0 Å². The van der Waals surface area contributed by atoms with Crippen molar-refractivity contribution in [3.8, 4) is 5.75 Å². The van der Waals surface area contributed by atoms with Crippen molar-refractivity contribution in [3.05, 3.63) is 35.9 Å². The van der Waals surface area contributed by atoms with Gasteiger partial charge >= 0.3 is 0 Å². The second-order valence-electron chi connectivity index (χ2n) is 3.09. The molecule has 0 bridgehead atoms. The van der Waals surface area contributed by atoms with Crippen LogP contribution in [-0.4, -0.2) is 20.2 Å². The maximum atomic E-state index is 5.10. The second kappa shape index (κ2) is 5.03. The largest absolute Gasteiger partial charge is 0.497 e. The number of ether oxygens (including phenoxy) is 1. The molecule has 0 saturated heterocycles. The van der Waals surface area contributed by atoms with Crippen molar-refractivity contribution >= 4 is 18.0 Å². The zero-order valence-corrected chi connectivity index (χ0v) is 8.93. The fraction of sp³-hybridized carbons (Fsp3) is 0.273. The predicted octanol–water partition coefficient (Wildman–Crippen LogP) is 2.10. The summed E-state index contributed by atoms with van der Waals surface area (Å²) in [5, 5.41) is 3.28. The topological polar surface area (TPSA) is 21.3 Å². The van der Waals surface area contributed by atoms with Crippen molar-refractivity contribution in [2.75, 3.05) is 20.2 Å². The fourth-order valence-electron chi connectivity index (χ4n) is 1.50. The summed E-state index contributed by atoms with van der Waals surface area (Å²) in [6.45, 7) is 1.97. The van der Waals surface area contributed by atoms with Crippen LogP contribution in [-0.2, 0) is 0 Å². The highest BCUT2D eigenvalue weighted by Crippen LogP contribution is 2.19. The van der Waals surface area contributed by atoms with Gasteiger partial charge in [-0.2, -0.15) is 0 Å². The first kappa shape index (κ1) is 11.1. The van der Waals surface area contributed by atoms with E-state index in [0.29, 0.717) is 0 Å². The molecule has 0 radical (unpaired) electrons. The summed E-state index contributed by atoms with van der Waals surface area (Å²) >= 11 is 0. The van der Waals surface area contributed by atoms with Crippen LogP contribution in [0.25, 0.3) is 5.57 Å². The van der Waals surface area contributed by atoms with Gasteiger partial charge in [0.1, 0.15) is 5.75 Å². The molecule has 0 spiro atoms. The van der Waals surface area contributed by atoms with Gasteiger partial charge < -0.3 is 10.1 Å². The van der Waals surface area contributed by atoms with E-state index in [1.807, 2.05) is 12.1 Å². The number of nitrogens with one attached hydrogen (secondary N) is 1. The molecule has 0 saturated carbocycles. The van der Waals surface area contributed by atoms with E-state index >= 15 is 0 Å². The quantitative estimate of drug-likeness (QED) is 0.809. The van der Waals surface area contributed by atoms with Gasteiger partial charge in [-0.05, 0) is 23.3 Å². The average molecular weight is 212 g/mol. The highest BCUT2D eigenvalue weighted by Gasteiger charge is 2.05. The number of hydrogen-bond donors (Lipinski definition) is 1. The lowest BCUT2D eigenvalue weighted by Gasteiger charge is -2.03. The normalized spacial score (nSPS) is 14.5. The maximum absolute atomic E-state index is 5.10. The zero-order chi connectivity index (χ0) is 9.10. The molecule has 0 atom stereocenters. The van der Waals surface area contributed by atoms with E-state index in [9.17, 15) is 0 Å². The molecule has 1 aromatic rings. The molecule has 1 aliphatic rings. The van der Waals surface area contributed by atoms with Crippen molar-refractivity contribution in [2.24, 2.45) is 0 Å². The lowest BCUT2D eigenvalue weighted by Crippen LogP contribution is -2.07. The molecule has 1 N–H and O–H groups in total. The first-order chi connectivity index (χ1) is 6.40. The molecular weight excluding hydrogens is 198 g/mol. The minimum absolute atomic E-state index is 0. The SMILES string of the molecule is COc1ccc(C2=CCNC2)cc1.Cl. The van der Waals surface area contributed by atoms with Gasteiger partial charge in [-0.15, -0.1) is 12.4 Å². The molecule has 0 aromatic heterocycles. The minimum atomic E-state index is 0. The summed E-state index contributed by atoms with van der Waals surface area (Å²) in [4.78, 5) is 0. The van der Waals surface area contributed by atoms with Gasteiger partial charge in [0.2, 0.25) is 0 Å². The van der Waals surface area contributed by atoms with Gasteiger partial charge in [-0.1, -0.05) is 18.2 Å². The van der Waals surface area contributed by atoms with Gasteiger partial charge in [0.05, 0.1) is 7.11 Å². The summed E-state index contributed by atoms with van der Waals surface area (Å²) in [7, 11) is 1.69. The van der Waals surface area contributed by atoms with E-state index < -0.39 is 0 Å². The lowest BCUT2D eigenvalue weighted by atomic mass is 10.1.